The molecular weight excluding hydrogens is 254 g/mol. The summed E-state index contributed by atoms with van der Waals surface area (Å²) in [5.41, 5.74) is 1.47. The van der Waals surface area contributed by atoms with E-state index in [1.54, 1.807) is 20.3 Å². The van der Waals surface area contributed by atoms with E-state index < -0.39 is 5.54 Å². The zero-order valence-electron chi connectivity index (χ0n) is 12.7. The molecule has 0 heterocycles. The van der Waals surface area contributed by atoms with Gasteiger partial charge in [-0.15, -0.1) is 0 Å². The molecule has 4 heteroatoms. The van der Waals surface area contributed by atoms with Gasteiger partial charge in [-0.25, -0.2) is 4.79 Å². The van der Waals surface area contributed by atoms with Crippen molar-refractivity contribution in [2.45, 2.75) is 44.6 Å². The normalized spacial score (nSPS) is 16.2. The van der Waals surface area contributed by atoms with Gasteiger partial charge in [-0.1, -0.05) is 20.8 Å². The van der Waals surface area contributed by atoms with Crippen LogP contribution in [0.1, 0.15) is 44.7 Å². The Morgan fingerprint density at radius 1 is 1.15 bits per heavy atom. The number of rotatable bonds is 4. The summed E-state index contributed by atoms with van der Waals surface area (Å²) in [6, 6.07) is 3.95. The zero-order valence-corrected chi connectivity index (χ0v) is 12.7. The lowest BCUT2D eigenvalue weighted by Crippen LogP contribution is -2.15. The second-order valence-electron chi connectivity index (χ2n) is 6.24. The van der Waals surface area contributed by atoms with Crippen LogP contribution in [0.3, 0.4) is 0 Å². The van der Waals surface area contributed by atoms with E-state index in [-0.39, 0.29) is 5.41 Å². The average molecular weight is 275 g/mol. The lowest BCUT2D eigenvalue weighted by Gasteiger charge is -2.25. The molecular formula is C16H21NO3. The molecule has 108 valence electrons. The molecule has 0 aliphatic heterocycles. The van der Waals surface area contributed by atoms with Crippen LogP contribution in [0.2, 0.25) is 0 Å². The van der Waals surface area contributed by atoms with Crippen LogP contribution in [0, 0.1) is 0 Å². The van der Waals surface area contributed by atoms with Gasteiger partial charge in [0.25, 0.3) is 0 Å². The van der Waals surface area contributed by atoms with Gasteiger partial charge in [-0.3, -0.25) is 0 Å². The molecule has 1 aliphatic rings. The largest absolute Gasteiger partial charge is 0.496 e. The van der Waals surface area contributed by atoms with Crippen LogP contribution in [-0.2, 0) is 15.7 Å². The highest BCUT2D eigenvalue weighted by molar-refractivity contribution is 5.55. The molecule has 0 atom stereocenters. The molecule has 20 heavy (non-hydrogen) atoms. The van der Waals surface area contributed by atoms with Gasteiger partial charge in [0.2, 0.25) is 6.08 Å². The number of nitrogens with zero attached hydrogens (tertiary/aromatic N) is 1. The molecule has 1 aliphatic carbocycles. The lowest BCUT2D eigenvalue weighted by molar-refractivity contribution is 0.381. The van der Waals surface area contributed by atoms with Crippen LogP contribution in [0.15, 0.2) is 17.1 Å². The van der Waals surface area contributed by atoms with Crippen molar-refractivity contribution in [1.82, 2.24) is 0 Å². The van der Waals surface area contributed by atoms with Crippen LogP contribution < -0.4 is 9.47 Å². The Balaban J connectivity index is 2.63. The molecule has 1 saturated carbocycles. The topological polar surface area (TPSA) is 47.9 Å². The Bertz CT molecular complexity index is 562. The fourth-order valence-corrected chi connectivity index (χ4v) is 2.49. The van der Waals surface area contributed by atoms with Crippen molar-refractivity contribution in [3.63, 3.8) is 0 Å². The molecule has 0 radical (unpaired) electrons. The van der Waals surface area contributed by atoms with E-state index in [0.717, 1.165) is 35.5 Å². The van der Waals surface area contributed by atoms with Crippen molar-refractivity contribution < 1.29 is 14.3 Å². The van der Waals surface area contributed by atoms with Gasteiger partial charge in [0, 0.05) is 11.1 Å². The molecule has 0 aromatic heterocycles. The Labute approximate surface area is 119 Å². The van der Waals surface area contributed by atoms with E-state index in [1.807, 2.05) is 12.1 Å². The Morgan fingerprint density at radius 2 is 1.75 bits per heavy atom. The van der Waals surface area contributed by atoms with E-state index >= 15 is 0 Å². The number of methoxy groups -OCH3 is 2. The summed E-state index contributed by atoms with van der Waals surface area (Å²) in [6.07, 6.45) is 3.37. The van der Waals surface area contributed by atoms with E-state index in [9.17, 15) is 4.79 Å². The Hall–Kier alpha value is -1.80. The van der Waals surface area contributed by atoms with Crippen molar-refractivity contribution >= 4 is 6.08 Å². The third-order valence-corrected chi connectivity index (χ3v) is 3.81. The predicted molar refractivity (Wildman–Crippen MR) is 77.3 cm³/mol. The first-order chi connectivity index (χ1) is 9.38. The van der Waals surface area contributed by atoms with Gasteiger partial charge >= 0.3 is 0 Å². The van der Waals surface area contributed by atoms with Crippen LogP contribution in [0.4, 0.5) is 0 Å². The first-order valence-corrected chi connectivity index (χ1v) is 6.74. The van der Waals surface area contributed by atoms with Gasteiger partial charge in [0.1, 0.15) is 17.0 Å². The first kappa shape index (κ1) is 14.6. The van der Waals surface area contributed by atoms with Gasteiger partial charge in [0.15, 0.2) is 0 Å². The van der Waals surface area contributed by atoms with E-state index in [1.165, 1.54) is 0 Å². The molecule has 0 amide bonds. The number of isocyanates is 1. The molecule has 1 fully saturated rings. The van der Waals surface area contributed by atoms with Crippen molar-refractivity contribution in [1.29, 1.82) is 0 Å². The fourth-order valence-electron chi connectivity index (χ4n) is 2.49. The molecule has 1 aromatic carbocycles. The minimum absolute atomic E-state index is 0.0538. The number of carbonyl (C=O) groups excluding carboxylic acids is 1. The highest BCUT2D eigenvalue weighted by Gasteiger charge is 2.47. The molecule has 0 N–H and O–H groups in total. The van der Waals surface area contributed by atoms with Crippen LogP contribution in [0.5, 0.6) is 11.5 Å². The van der Waals surface area contributed by atoms with Crippen molar-refractivity contribution in [2.75, 3.05) is 14.2 Å². The highest BCUT2D eigenvalue weighted by atomic mass is 16.5. The van der Waals surface area contributed by atoms with E-state index in [0.29, 0.717) is 0 Å². The maximum Gasteiger partial charge on any atom is 0.235 e. The van der Waals surface area contributed by atoms with Crippen LogP contribution in [0.25, 0.3) is 0 Å². The second kappa shape index (κ2) is 4.95. The number of hydrogen-bond acceptors (Lipinski definition) is 4. The Kier molecular flexibility index (Phi) is 3.61. The maximum absolute atomic E-state index is 10.7. The summed E-state index contributed by atoms with van der Waals surface area (Å²) in [7, 11) is 3.29. The quantitative estimate of drug-likeness (QED) is 0.625. The summed E-state index contributed by atoms with van der Waals surface area (Å²) >= 11 is 0. The summed E-state index contributed by atoms with van der Waals surface area (Å²) < 4.78 is 11.0. The smallest absolute Gasteiger partial charge is 0.235 e. The molecule has 0 unspecified atom stereocenters. The number of ether oxygens (including phenoxy) is 2. The van der Waals surface area contributed by atoms with Gasteiger partial charge in [-0.05, 0) is 30.4 Å². The number of benzene rings is 1. The standard InChI is InChI=1S/C16H21NO3/c1-15(2,3)11-8-14(20-5)12(9-13(11)19-4)16(6-7-16)17-10-18/h8-9H,6-7H2,1-5H3. The summed E-state index contributed by atoms with van der Waals surface area (Å²) in [6.45, 7) is 6.38. The maximum atomic E-state index is 10.7. The average Bonchev–Trinajstić information content (AvgIpc) is 3.17. The monoisotopic (exact) mass is 275 g/mol. The predicted octanol–water partition coefficient (Wildman–Crippen LogP) is 3.33. The van der Waals surface area contributed by atoms with Gasteiger partial charge < -0.3 is 9.47 Å². The zero-order chi connectivity index (χ0) is 15.0. The van der Waals surface area contributed by atoms with E-state index in [4.69, 9.17) is 9.47 Å². The summed E-state index contributed by atoms with van der Waals surface area (Å²) in [5.74, 6) is 1.56. The van der Waals surface area contributed by atoms with Crippen molar-refractivity contribution in [3.05, 3.63) is 23.3 Å². The number of hydrogen-bond donors (Lipinski definition) is 0. The molecule has 2 rings (SSSR count). The molecule has 0 saturated heterocycles. The number of aliphatic imine (C=N–C) groups is 1. The van der Waals surface area contributed by atoms with Crippen molar-refractivity contribution in [3.8, 4) is 11.5 Å². The minimum atomic E-state index is -0.462. The molecule has 0 bridgehead atoms. The molecule has 4 nitrogen and oxygen atoms in total. The van der Waals surface area contributed by atoms with Crippen LogP contribution >= 0.6 is 0 Å². The third-order valence-electron chi connectivity index (χ3n) is 3.81. The molecule has 1 aromatic rings. The lowest BCUT2D eigenvalue weighted by atomic mass is 9.84. The SMILES string of the molecule is COc1cc(C2(N=C=O)CC2)c(OC)cc1C(C)(C)C. The van der Waals surface area contributed by atoms with E-state index in [2.05, 4.69) is 25.8 Å². The third kappa shape index (κ3) is 2.44. The summed E-state index contributed by atoms with van der Waals surface area (Å²) in [5, 5.41) is 0. The highest BCUT2D eigenvalue weighted by Crippen LogP contribution is 2.54. The van der Waals surface area contributed by atoms with Crippen molar-refractivity contribution in [2.24, 2.45) is 4.99 Å². The Morgan fingerprint density at radius 3 is 2.15 bits per heavy atom. The van der Waals surface area contributed by atoms with Crippen LogP contribution in [-0.4, -0.2) is 20.3 Å². The van der Waals surface area contributed by atoms with Gasteiger partial charge in [-0.2, -0.15) is 4.99 Å². The van der Waals surface area contributed by atoms with Gasteiger partial charge in [0.05, 0.1) is 14.2 Å². The second-order valence-corrected chi connectivity index (χ2v) is 6.24. The first-order valence-electron chi connectivity index (χ1n) is 6.74. The summed E-state index contributed by atoms with van der Waals surface area (Å²) in [4.78, 5) is 14.6. The molecule has 0 spiro atoms. The minimum Gasteiger partial charge on any atom is -0.496 e. The fraction of sp³-hybridized carbons (Fsp3) is 0.562.